The first-order valence-corrected chi connectivity index (χ1v) is 20.5. The molecule has 0 heterocycles. The molecule has 0 N–H and O–H groups in total. The molecule has 0 aromatic carbocycles. The molecule has 0 aromatic rings. The van der Waals surface area contributed by atoms with Crippen molar-refractivity contribution in [1.29, 1.82) is 0 Å². The van der Waals surface area contributed by atoms with Gasteiger partial charge in [0.2, 0.25) is 0 Å². The zero-order valence-corrected chi connectivity index (χ0v) is 34.9. The Morgan fingerprint density at radius 3 is 1.44 bits per heavy atom. The minimum absolute atomic E-state index is 0.256. The van der Waals surface area contributed by atoms with Crippen molar-refractivity contribution in [3.05, 3.63) is 0 Å². The third-order valence-corrected chi connectivity index (χ3v) is 19.3. The van der Waals surface area contributed by atoms with Crippen LogP contribution in [0, 0.1) is 129 Å². The molecule has 0 saturated heterocycles. The van der Waals surface area contributed by atoms with E-state index in [1.165, 1.54) is 12.8 Å². The van der Waals surface area contributed by atoms with Gasteiger partial charge in [-0.25, -0.2) is 0 Å². The van der Waals surface area contributed by atoms with E-state index in [4.69, 9.17) is 0 Å². The van der Waals surface area contributed by atoms with Gasteiger partial charge in [0.05, 0.1) is 0 Å². The Balaban J connectivity index is 2.06. The highest BCUT2D eigenvalue weighted by Gasteiger charge is 2.63. The standard InChI is InChI=1S/C45H86/c1-22-38-29(8)32(11)42(33(12)30(38)9)43(17,18)36(15)34(13)37(16)45(21,35(14)24(2)3)44(19,20)41-25(4)23-39-28(7)26(5)27(6)31(10)40(39)41/h24-42H,22-23H2,1-21H3/t25-,26-,27+,28-,29-,30+,31+,32+,33-,34+,35-,36+,37-,38?,39-,40+,41?,42?,45+/m0/s1. The first-order chi connectivity index (χ1) is 20.5. The highest BCUT2D eigenvalue weighted by molar-refractivity contribution is 5.10. The van der Waals surface area contributed by atoms with Crippen molar-refractivity contribution < 1.29 is 0 Å². The molecule has 0 aliphatic heterocycles. The van der Waals surface area contributed by atoms with E-state index in [0.717, 1.165) is 82.9 Å². The fourth-order valence-corrected chi connectivity index (χ4v) is 14.6. The predicted octanol–water partition coefficient (Wildman–Crippen LogP) is 13.9. The third-order valence-electron chi connectivity index (χ3n) is 19.3. The largest absolute Gasteiger partial charge is 0.0651 e. The van der Waals surface area contributed by atoms with E-state index in [-0.39, 0.29) is 10.8 Å². The first kappa shape index (κ1) is 39.4. The third kappa shape index (κ3) is 6.08. The van der Waals surface area contributed by atoms with Crippen LogP contribution in [0.3, 0.4) is 0 Å². The molecule has 45 heavy (non-hydrogen) atoms. The Bertz CT molecular complexity index is 939. The molecule has 0 nitrogen and oxygen atoms in total. The lowest BCUT2D eigenvalue weighted by Gasteiger charge is -2.62. The van der Waals surface area contributed by atoms with Gasteiger partial charge in [0.1, 0.15) is 0 Å². The Hall–Kier alpha value is 0. The Kier molecular flexibility index (Phi) is 12.0. The van der Waals surface area contributed by atoms with Gasteiger partial charge in [-0.05, 0) is 135 Å². The zero-order valence-electron chi connectivity index (χ0n) is 34.9. The van der Waals surface area contributed by atoms with Crippen LogP contribution in [0.25, 0.3) is 0 Å². The molecule has 3 aliphatic rings. The molecule has 0 radical (unpaired) electrons. The maximum atomic E-state index is 2.80. The molecule has 266 valence electrons. The molecular formula is C45H86. The Morgan fingerprint density at radius 2 is 1.00 bits per heavy atom. The number of hydrogen-bond donors (Lipinski definition) is 0. The molecule has 19 atom stereocenters. The molecule has 3 aliphatic carbocycles. The lowest BCUT2D eigenvalue weighted by atomic mass is 9.42. The summed E-state index contributed by atoms with van der Waals surface area (Å²) < 4.78 is 0. The van der Waals surface area contributed by atoms with Crippen LogP contribution in [0.15, 0.2) is 0 Å². The van der Waals surface area contributed by atoms with Crippen molar-refractivity contribution in [3.63, 3.8) is 0 Å². The van der Waals surface area contributed by atoms with Gasteiger partial charge in [0.15, 0.2) is 0 Å². The first-order valence-electron chi connectivity index (χ1n) is 20.5. The highest BCUT2D eigenvalue weighted by Crippen LogP contribution is 2.68. The van der Waals surface area contributed by atoms with E-state index in [9.17, 15) is 0 Å². The van der Waals surface area contributed by atoms with Gasteiger partial charge in [0.25, 0.3) is 0 Å². The summed E-state index contributed by atoms with van der Waals surface area (Å²) in [5.74, 6) is 15.0. The minimum Gasteiger partial charge on any atom is -0.0651 e. The molecule has 0 heteroatoms. The van der Waals surface area contributed by atoms with Crippen molar-refractivity contribution in [3.8, 4) is 0 Å². The SMILES string of the molecule is CCC1[C@@H](C)[C@@H](C)C(C(C)(C)[C@H](C)[C@@H](C)[C@H](C)[C@@](C)([C@@H](C)C(C)C)C(C)(C)C2[C@@H]3[C@H](C)[C@H](C)[C@H](C)[C@H](C)[C@@H]3C[C@@H]2C)[C@@H](C)[C@H]1C. The quantitative estimate of drug-likeness (QED) is 0.226. The fraction of sp³-hybridized carbons (Fsp3) is 1.00. The normalized spacial score (nSPS) is 45.5. The maximum Gasteiger partial charge on any atom is -0.0215 e. The van der Waals surface area contributed by atoms with Crippen molar-refractivity contribution >= 4 is 0 Å². The maximum absolute atomic E-state index is 2.80. The van der Waals surface area contributed by atoms with Crippen LogP contribution < -0.4 is 0 Å². The molecule has 3 fully saturated rings. The molecule has 0 bridgehead atoms. The summed E-state index contributed by atoms with van der Waals surface area (Å²) >= 11 is 0. The van der Waals surface area contributed by atoms with E-state index >= 15 is 0 Å². The zero-order chi connectivity index (χ0) is 34.9. The molecule has 0 aromatic heterocycles. The van der Waals surface area contributed by atoms with E-state index in [2.05, 4.69) is 145 Å². The van der Waals surface area contributed by atoms with Gasteiger partial charge in [0, 0.05) is 0 Å². The number of fused-ring (bicyclic) bond motifs is 1. The minimum atomic E-state index is 0.256. The van der Waals surface area contributed by atoms with Crippen LogP contribution in [0.4, 0.5) is 0 Å². The molecule has 3 saturated carbocycles. The molecule has 0 spiro atoms. The summed E-state index contributed by atoms with van der Waals surface area (Å²) in [6.07, 6.45) is 2.79. The van der Waals surface area contributed by atoms with Gasteiger partial charge < -0.3 is 0 Å². The highest BCUT2D eigenvalue weighted by atomic mass is 14.7. The smallest absolute Gasteiger partial charge is 0.0215 e. The summed E-state index contributed by atoms with van der Waals surface area (Å²) in [7, 11) is 0. The van der Waals surface area contributed by atoms with Crippen molar-refractivity contribution in [1.82, 2.24) is 0 Å². The lowest BCUT2D eigenvalue weighted by Crippen LogP contribution is -2.57. The second-order valence-electron chi connectivity index (χ2n) is 20.7. The topological polar surface area (TPSA) is 0 Å². The second-order valence-corrected chi connectivity index (χ2v) is 20.7. The van der Waals surface area contributed by atoms with Crippen molar-refractivity contribution in [2.45, 2.75) is 158 Å². The monoisotopic (exact) mass is 627 g/mol. The lowest BCUT2D eigenvalue weighted by molar-refractivity contribution is -0.145. The van der Waals surface area contributed by atoms with Crippen LogP contribution in [0.1, 0.15) is 158 Å². The summed E-state index contributed by atoms with van der Waals surface area (Å²) in [4.78, 5) is 0. The van der Waals surface area contributed by atoms with Crippen molar-refractivity contribution in [2.75, 3.05) is 0 Å². The predicted molar refractivity (Wildman–Crippen MR) is 202 cm³/mol. The van der Waals surface area contributed by atoms with Gasteiger partial charge in [-0.3, -0.25) is 0 Å². The molecule has 0 amide bonds. The van der Waals surface area contributed by atoms with Gasteiger partial charge in [-0.2, -0.15) is 0 Å². The van der Waals surface area contributed by atoms with E-state index in [0.29, 0.717) is 35.0 Å². The van der Waals surface area contributed by atoms with Crippen LogP contribution in [0.2, 0.25) is 0 Å². The summed E-state index contributed by atoms with van der Waals surface area (Å²) in [5, 5.41) is 0. The number of rotatable bonds is 10. The molecule has 3 rings (SSSR count). The van der Waals surface area contributed by atoms with E-state index < -0.39 is 0 Å². The van der Waals surface area contributed by atoms with Crippen LogP contribution in [-0.2, 0) is 0 Å². The van der Waals surface area contributed by atoms with Crippen molar-refractivity contribution in [2.24, 2.45) is 129 Å². The van der Waals surface area contributed by atoms with Gasteiger partial charge in [-0.15, -0.1) is 0 Å². The fourth-order valence-electron chi connectivity index (χ4n) is 14.6. The second kappa shape index (κ2) is 13.7. The van der Waals surface area contributed by atoms with E-state index in [1.54, 1.807) is 0 Å². The number of hydrogen-bond acceptors (Lipinski definition) is 0. The average molecular weight is 627 g/mol. The molecule has 3 unspecified atom stereocenters. The van der Waals surface area contributed by atoms with E-state index in [1.807, 2.05) is 0 Å². The summed E-state index contributed by atoms with van der Waals surface area (Å²) in [6.45, 7) is 55.5. The van der Waals surface area contributed by atoms with Gasteiger partial charge >= 0.3 is 0 Å². The summed E-state index contributed by atoms with van der Waals surface area (Å²) in [5.41, 5.74) is 0.834. The molecular weight excluding hydrogens is 540 g/mol. The Labute approximate surface area is 286 Å². The van der Waals surface area contributed by atoms with Crippen LogP contribution in [-0.4, -0.2) is 0 Å². The van der Waals surface area contributed by atoms with Gasteiger partial charge in [-0.1, -0.05) is 152 Å². The van der Waals surface area contributed by atoms with Crippen LogP contribution in [0.5, 0.6) is 0 Å². The Morgan fingerprint density at radius 1 is 0.533 bits per heavy atom. The summed E-state index contributed by atoms with van der Waals surface area (Å²) in [6, 6.07) is 0. The van der Waals surface area contributed by atoms with Crippen LogP contribution >= 0.6 is 0 Å². The average Bonchev–Trinajstić information content (AvgIpc) is 3.33.